The van der Waals surface area contributed by atoms with Crippen molar-refractivity contribution in [3.8, 4) is 22.3 Å². The van der Waals surface area contributed by atoms with Gasteiger partial charge in [0.2, 0.25) is 0 Å². The number of fused-ring (bicyclic) bond motifs is 3. The summed E-state index contributed by atoms with van der Waals surface area (Å²) >= 11 is 3.79. The van der Waals surface area contributed by atoms with Crippen molar-refractivity contribution in [1.82, 2.24) is 0 Å². The van der Waals surface area contributed by atoms with Gasteiger partial charge >= 0.3 is 0 Å². The summed E-state index contributed by atoms with van der Waals surface area (Å²) in [7, 11) is 0. The lowest BCUT2D eigenvalue weighted by Gasteiger charge is -2.29. The minimum absolute atomic E-state index is 1.13. The van der Waals surface area contributed by atoms with Crippen LogP contribution in [-0.4, -0.2) is 0 Å². The first-order valence-corrected chi connectivity index (χ1v) is 17.8. The molecule has 0 unspecified atom stereocenters. The fraction of sp³-hybridized carbons (Fsp3) is 0. The minimum Gasteiger partial charge on any atom is -0.354 e. The maximum absolute atomic E-state index is 3.81. The van der Waals surface area contributed by atoms with Gasteiger partial charge in [-0.15, -0.1) is 0 Å². The lowest BCUT2D eigenvalue weighted by Crippen LogP contribution is -2.11. The molecule has 0 atom stereocenters. The topological polar surface area (TPSA) is 15.3 Å². The van der Waals surface area contributed by atoms with Gasteiger partial charge in [-0.25, -0.2) is 0 Å². The first kappa shape index (κ1) is 27.7. The Hall–Kier alpha value is -5.42. The summed E-state index contributed by atoms with van der Waals surface area (Å²) in [4.78, 5) is 7.62. The van der Waals surface area contributed by atoms with E-state index in [0.717, 1.165) is 28.4 Å². The highest BCUT2D eigenvalue weighted by Crippen LogP contribution is 2.58. The molecule has 8 aromatic rings. The Balaban J connectivity index is 1.27. The molecule has 2 aliphatic rings. The van der Waals surface area contributed by atoms with Crippen molar-refractivity contribution in [3.05, 3.63) is 164 Å². The van der Waals surface area contributed by atoms with Crippen molar-refractivity contribution in [2.45, 2.75) is 19.6 Å². The summed E-state index contributed by atoms with van der Waals surface area (Å²) in [5.41, 5.74) is 10.6. The Bertz CT molecular complexity index is 2560. The van der Waals surface area contributed by atoms with E-state index in [9.17, 15) is 0 Å². The van der Waals surface area contributed by atoms with Crippen LogP contribution in [0.5, 0.6) is 0 Å². The Kier molecular flexibility index (Phi) is 6.39. The molecule has 2 bridgehead atoms. The molecule has 48 heavy (non-hydrogen) atoms. The van der Waals surface area contributed by atoms with Crippen LogP contribution in [0, 0.1) is 0 Å². The summed E-state index contributed by atoms with van der Waals surface area (Å²) in [5.74, 6) is 0. The van der Waals surface area contributed by atoms with E-state index in [-0.39, 0.29) is 0 Å². The predicted molar refractivity (Wildman–Crippen MR) is 205 cm³/mol. The molecule has 0 aromatic heterocycles. The normalized spacial score (nSPS) is 12.6. The molecule has 8 aromatic carbocycles. The number of para-hydroxylation sites is 3. The first-order valence-electron chi connectivity index (χ1n) is 16.2. The van der Waals surface area contributed by atoms with Crippen molar-refractivity contribution in [1.29, 1.82) is 0 Å². The Morgan fingerprint density at radius 1 is 0.417 bits per heavy atom. The van der Waals surface area contributed by atoms with Gasteiger partial charge in [0.25, 0.3) is 0 Å². The van der Waals surface area contributed by atoms with E-state index in [4.69, 9.17) is 0 Å². The molecule has 226 valence electrons. The summed E-state index contributed by atoms with van der Waals surface area (Å²) in [5, 5.41) is 8.84. The van der Waals surface area contributed by atoms with Crippen LogP contribution in [0.25, 0.3) is 43.8 Å². The largest absolute Gasteiger partial charge is 0.354 e. The Morgan fingerprint density at radius 3 is 2.06 bits per heavy atom. The fourth-order valence-electron chi connectivity index (χ4n) is 7.25. The second-order valence-electron chi connectivity index (χ2n) is 12.2. The average Bonchev–Trinajstić information content (AvgIpc) is 3.20. The maximum Gasteiger partial charge on any atom is 0.0540 e. The highest BCUT2D eigenvalue weighted by molar-refractivity contribution is 8.05. The third kappa shape index (κ3) is 4.37. The summed E-state index contributed by atoms with van der Waals surface area (Å²) in [6.07, 6.45) is 0. The van der Waals surface area contributed by atoms with Crippen LogP contribution in [0.15, 0.2) is 183 Å². The molecule has 0 aliphatic carbocycles. The predicted octanol–water partition coefficient (Wildman–Crippen LogP) is 13.5. The molecule has 0 radical (unpaired) electrons. The van der Waals surface area contributed by atoms with E-state index in [2.05, 4.69) is 174 Å². The Labute approximate surface area is 288 Å². The van der Waals surface area contributed by atoms with Crippen LogP contribution in [0.1, 0.15) is 0 Å². The average molecular weight is 649 g/mol. The van der Waals surface area contributed by atoms with Crippen molar-refractivity contribution in [3.63, 3.8) is 0 Å². The van der Waals surface area contributed by atoms with Crippen LogP contribution >= 0.6 is 23.5 Å². The molecule has 0 amide bonds. The summed E-state index contributed by atoms with van der Waals surface area (Å²) in [6.45, 7) is 0. The SMILES string of the molecule is c1ccc(N(c2ccc3ccccc3c2)c2ccccc2-c2cc3c4c5c(cccc25)-c2ccccc2Nc2cccc(c2S4)S3)cc1. The molecule has 1 N–H and O–H groups in total. The van der Waals surface area contributed by atoms with Gasteiger partial charge in [-0.1, -0.05) is 133 Å². The zero-order valence-electron chi connectivity index (χ0n) is 25.9. The van der Waals surface area contributed by atoms with E-state index in [1.54, 1.807) is 0 Å². The van der Waals surface area contributed by atoms with E-state index < -0.39 is 0 Å². The van der Waals surface area contributed by atoms with Crippen molar-refractivity contribution in [2.75, 3.05) is 10.2 Å². The molecule has 10 rings (SSSR count). The molecular formula is C44H28N2S2. The number of nitrogens with one attached hydrogen (secondary N) is 1. The molecule has 0 fully saturated rings. The van der Waals surface area contributed by atoms with Crippen molar-refractivity contribution in [2.24, 2.45) is 0 Å². The molecule has 4 heteroatoms. The molecular weight excluding hydrogens is 621 g/mol. The summed E-state index contributed by atoms with van der Waals surface area (Å²) in [6, 6.07) is 59.7. The number of nitrogens with zero attached hydrogens (tertiary/aromatic N) is 1. The van der Waals surface area contributed by atoms with Crippen LogP contribution in [0.2, 0.25) is 0 Å². The highest BCUT2D eigenvalue weighted by Gasteiger charge is 2.28. The molecule has 0 saturated heterocycles. The van der Waals surface area contributed by atoms with Crippen molar-refractivity contribution < 1.29 is 0 Å². The second-order valence-corrected chi connectivity index (χ2v) is 14.3. The highest BCUT2D eigenvalue weighted by atomic mass is 32.2. The van der Waals surface area contributed by atoms with Crippen LogP contribution in [0.4, 0.5) is 28.4 Å². The molecule has 2 aliphatic heterocycles. The van der Waals surface area contributed by atoms with E-state index in [1.807, 2.05) is 23.5 Å². The van der Waals surface area contributed by atoms with Gasteiger partial charge < -0.3 is 10.2 Å². The van der Waals surface area contributed by atoms with Crippen LogP contribution < -0.4 is 10.2 Å². The Morgan fingerprint density at radius 2 is 1.15 bits per heavy atom. The number of benzene rings is 8. The van der Waals surface area contributed by atoms with Crippen LogP contribution in [0.3, 0.4) is 0 Å². The van der Waals surface area contributed by atoms with Gasteiger partial charge in [0.15, 0.2) is 0 Å². The van der Waals surface area contributed by atoms with Gasteiger partial charge in [-0.05, 0) is 81.9 Å². The van der Waals surface area contributed by atoms with Gasteiger partial charge in [0, 0.05) is 53.2 Å². The molecule has 2 heterocycles. The standard InChI is InChI=1S/C44H28N2S2/c1-2-14-30(15-3-1)46(31-25-24-28-12-4-5-13-29(28)26-31)39-22-9-7-17-33(39)36-27-41-44-42-34(18-10-19-35(36)42)32-16-6-8-20-37(32)45-38-21-11-23-40(47-41)43(38)48-44/h1-27,45H. The number of anilines is 5. The second kappa shape index (κ2) is 11.1. The van der Waals surface area contributed by atoms with E-state index in [1.165, 1.54) is 63.4 Å². The number of hydrogen-bond donors (Lipinski definition) is 1. The zero-order valence-corrected chi connectivity index (χ0v) is 27.5. The summed E-state index contributed by atoms with van der Waals surface area (Å²) < 4.78 is 0. The van der Waals surface area contributed by atoms with Gasteiger partial charge in [0.1, 0.15) is 0 Å². The van der Waals surface area contributed by atoms with Gasteiger partial charge in [-0.2, -0.15) is 0 Å². The third-order valence-corrected chi connectivity index (χ3v) is 12.0. The number of rotatable bonds is 4. The van der Waals surface area contributed by atoms with Gasteiger partial charge in [-0.3, -0.25) is 0 Å². The van der Waals surface area contributed by atoms with E-state index in [0.29, 0.717) is 0 Å². The zero-order chi connectivity index (χ0) is 31.6. The smallest absolute Gasteiger partial charge is 0.0540 e. The minimum atomic E-state index is 1.13. The molecule has 0 spiro atoms. The lowest BCUT2D eigenvalue weighted by molar-refractivity contribution is 1.18. The lowest BCUT2D eigenvalue weighted by atomic mass is 9.91. The monoisotopic (exact) mass is 648 g/mol. The van der Waals surface area contributed by atoms with Crippen LogP contribution in [-0.2, 0) is 0 Å². The van der Waals surface area contributed by atoms with Gasteiger partial charge in [0.05, 0.1) is 11.4 Å². The number of hydrogen-bond acceptors (Lipinski definition) is 4. The van der Waals surface area contributed by atoms with E-state index >= 15 is 0 Å². The first-order chi connectivity index (χ1) is 23.8. The fourth-order valence-corrected chi connectivity index (χ4v) is 9.79. The van der Waals surface area contributed by atoms with Crippen molar-refractivity contribution >= 4 is 73.5 Å². The third-order valence-electron chi connectivity index (χ3n) is 9.41. The molecule has 2 nitrogen and oxygen atoms in total. The molecule has 0 saturated carbocycles. The quantitative estimate of drug-likeness (QED) is 0.204. The maximum atomic E-state index is 3.81.